The second-order valence-electron chi connectivity index (χ2n) is 11.0. The standard InChI is InChI=1S/C29H33ClN4O3.C2H6/c1-18-4-2-7-23(30)24(18)25-22(26(37-34-25)19-8-9-19)15-35-16-28-10-12-29(13-11-28,36-17-28)21-6-3-5-20(14-21)27(31)33-32;1-2/h2-7,14,19H,8-13,15-17,32H2,1H3,(H2,31,33);1-2H3. The molecule has 208 valence electrons. The Kier molecular flexibility index (Phi) is 8.04. The third-order valence-corrected chi connectivity index (χ3v) is 8.79. The van der Waals surface area contributed by atoms with Gasteiger partial charge >= 0.3 is 0 Å². The van der Waals surface area contributed by atoms with Crippen LogP contribution in [0.1, 0.15) is 86.3 Å². The normalized spacial score (nSPS) is 24.4. The van der Waals surface area contributed by atoms with Crippen LogP contribution in [0.4, 0.5) is 0 Å². The molecule has 0 amide bonds. The number of rotatable bonds is 8. The number of amidine groups is 1. The highest BCUT2D eigenvalue weighted by Crippen LogP contribution is 2.54. The van der Waals surface area contributed by atoms with Crippen LogP contribution in [-0.2, 0) is 21.7 Å². The summed E-state index contributed by atoms with van der Waals surface area (Å²) in [5.41, 5.74) is 11.5. The highest BCUT2D eigenvalue weighted by molar-refractivity contribution is 6.33. The van der Waals surface area contributed by atoms with Gasteiger partial charge in [-0.25, -0.2) is 0 Å². The van der Waals surface area contributed by atoms with Gasteiger partial charge in [-0.2, -0.15) is 5.10 Å². The first-order valence-electron chi connectivity index (χ1n) is 14.0. The third-order valence-electron chi connectivity index (χ3n) is 8.48. The van der Waals surface area contributed by atoms with Crippen molar-refractivity contribution in [2.45, 2.75) is 77.4 Å². The van der Waals surface area contributed by atoms with E-state index in [1.54, 1.807) is 0 Å². The van der Waals surface area contributed by atoms with Gasteiger partial charge in [-0.15, -0.1) is 0 Å². The minimum atomic E-state index is -0.283. The van der Waals surface area contributed by atoms with Gasteiger partial charge < -0.3 is 25.6 Å². The summed E-state index contributed by atoms with van der Waals surface area (Å²) in [6, 6.07) is 14.0. The highest BCUT2D eigenvalue weighted by atomic mass is 35.5. The van der Waals surface area contributed by atoms with E-state index >= 15 is 0 Å². The van der Waals surface area contributed by atoms with Crippen molar-refractivity contribution >= 4 is 17.4 Å². The number of nitrogens with zero attached hydrogens (tertiary/aromatic N) is 2. The summed E-state index contributed by atoms with van der Waals surface area (Å²) < 4.78 is 18.8. The Morgan fingerprint density at radius 3 is 2.51 bits per heavy atom. The van der Waals surface area contributed by atoms with E-state index in [0.717, 1.165) is 77.8 Å². The fourth-order valence-electron chi connectivity index (χ4n) is 5.98. The Balaban J connectivity index is 0.00000151. The van der Waals surface area contributed by atoms with Crippen molar-refractivity contribution in [3.05, 3.63) is 75.5 Å². The van der Waals surface area contributed by atoms with E-state index in [4.69, 9.17) is 37.2 Å². The molecule has 2 aromatic carbocycles. The number of aryl methyl sites for hydroxylation is 1. The monoisotopic (exact) mass is 550 g/mol. The molecule has 1 aromatic heterocycles. The first-order valence-corrected chi connectivity index (χ1v) is 14.4. The fourth-order valence-corrected chi connectivity index (χ4v) is 6.30. The van der Waals surface area contributed by atoms with Crippen LogP contribution in [0.15, 0.2) is 52.1 Å². The lowest BCUT2D eigenvalue weighted by atomic mass is 9.64. The molecule has 7 nitrogen and oxygen atoms in total. The number of hydrazone groups is 1. The second kappa shape index (κ2) is 11.3. The van der Waals surface area contributed by atoms with Gasteiger partial charge in [0.25, 0.3) is 0 Å². The van der Waals surface area contributed by atoms with E-state index in [9.17, 15) is 0 Å². The number of hydrogen-bond donors (Lipinski definition) is 2. The van der Waals surface area contributed by atoms with Gasteiger partial charge in [-0.3, -0.25) is 0 Å². The number of hydrogen-bond acceptors (Lipinski definition) is 6. The summed E-state index contributed by atoms with van der Waals surface area (Å²) >= 11 is 6.59. The van der Waals surface area contributed by atoms with Crippen LogP contribution in [0.5, 0.6) is 0 Å². The molecule has 4 N–H and O–H groups in total. The molecule has 8 heteroatoms. The SMILES string of the molecule is CC.Cc1cccc(Cl)c1-c1noc(C2CC2)c1COCC12CCC(c3cccc(/C(N)=N/N)c3)(CC1)OC2. The maximum absolute atomic E-state index is 6.59. The summed E-state index contributed by atoms with van der Waals surface area (Å²) in [5.74, 6) is 7.11. The Bertz CT molecular complexity index is 1300. The molecule has 7 rings (SSSR count). The molecular formula is C31H39ClN4O3. The van der Waals surface area contributed by atoms with E-state index in [1.165, 1.54) is 0 Å². The molecule has 2 aliphatic heterocycles. The van der Waals surface area contributed by atoms with E-state index < -0.39 is 0 Å². The van der Waals surface area contributed by atoms with Gasteiger partial charge in [0.2, 0.25) is 0 Å². The first-order chi connectivity index (χ1) is 18.9. The second-order valence-corrected chi connectivity index (χ2v) is 11.4. The Labute approximate surface area is 235 Å². The molecular weight excluding hydrogens is 512 g/mol. The maximum Gasteiger partial charge on any atom is 0.150 e. The molecule has 2 bridgehead atoms. The summed E-state index contributed by atoms with van der Waals surface area (Å²) in [5, 5.41) is 8.79. The van der Waals surface area contributed by atoms with Crippen LogP contribution in [-0.4, -0.2) is 24.2 Å². The van der Waals surface area contributed by atoms with Crippen molar-refractivity contribution in [1.29, 1.82) is 0 Å². The lowest BCUT2D eigenvalue weighted by Gasteiger charge is -2.53. The topological polar surface area (TPSA) is 109 Å². The molecule has 0 unspecified atom stereocenters. The minimum Gasteiger partial charge on any atom is -0.382 e. The third kappa shape index (κ3) is 5.32. The molecule has 2 saturated carbocycles. The number of ether oxygens (including phenoxy) is 2. The van der Waals surface area contributed by atoms with E-state index in [2.05, 4.69) is 35.4 Å². The molecule has 39 heavy (non-hydrogen) atoms. The lowest BCUT2D eigenvalue weighted by molar-refractivity contribution is -0.205. The first kappa shape index (κ1) is 27.7. The van der Waals surface area contributed by atoms with Crippen LogP contribution >= 0.6 is 11.6 Å². The van der Waals surface area contributed by atoms with Crippen molar-refractivity contribution in [2.75, 3.05) is 13.2 Å². The summed E-state index contributed by atoms with van der Waals surface area (Å²) in [7, 11) is 0. The van der Waals surface area contributed by atoms with Gasteiger partial charge in [0.1, 0.15) is 17.3 Å². The average Bonchev–Trinajstić information content (AvgIpc) is 3.75. The fraction of sp³-hybridized carbons (Fsp3) is 0.484. The zero-order valence-electron chi connectivity index (χ0n) is 23.1. The molecule has 0 radical (unpaired) electrons. The summed E-state index contributed by atoms with van der Waals surface area (Å²) in [4.78, 5) is 0. The van der Waals surface area contributed by atoms with Crippen molar-refractivity contribution in [3.63, 3.8) is 0 Å². The van der Waals surface area contributed by atoms with Gasteiger partial charge in [-0.05, 0) is 68.7 Å². The molecule has 3 heterocycles. The van der Waals surface area contributed by atoms with Gasteiger partial charge in [0.05, 0.1) is 30.4 Å². The Morgan fingerprint density at radius 2 is 1.87 bits per heavy atom. The molecule has 0 spiro atoms. The predicted octanol–water partition coefficient (Wildman–Crippen LogP) is 6.79. The highest BCUT2D eigenvalue weighted by Gasteiger charge is 2.51. The predicted molar refractivity (Wildman–Crippen MR) is 155 cm³/mol. The molecule has 0 atom stereocenters. The Morgan fingerprint density at radius 1 is 1.13 bits per heavy atom. The van der Waals surface area contributed by atoms with Gasteiger partial charge in [0.15, 0.2) is 0 Å². The molecule has 4 fully saturated rings. The number of fused-ring (bicyclic) bond motifs is 3. The summed E-state index contributed by atoms with van der Waals surface area (Å²) in [6.45, 7) is 7.83. The number of nitrogens with two attached hydrogens (primary N) is 2. The molecule has 2 aliphatic carbocycles. The average molecular weight is 551 g/mol. The zero-order valence-corrected chi connectivity index (χ0v) is 23.9. The van der Waals surface area contributed by atoms with Gasteiger partial charge in [-0.1, -0.05) is 60.9 Å². The number of halogens is 1. The van der Waals surface area contributed by atoms with Crippen molar-refractivity contribution in [1.82, 2.24) is 5.16 Å². The Hall–Kier alpha value is -2.87. The quantitative estimate of drug-likeness (QED) is 0.138. The number of benzene rings is 2. The van der Waals surface area contributed by atoms with Crippen molar-refractivity contribution in [2.24, 2.45) is 22.1 Å². The smallest absolute Gasteiger partial charge is 0.150 e. The number of aromatic nitrogens is 1. The molecule has 4 aliphatic rings. The zero-order chi connectivity index (χ0) is 27.6. The van der Waals surface area contributed by atoms with Crippen LogP contribution < -0.4 is 11.6 Å². The maximum atomic E-state index is 6.59. The molecule has 2 saturated heterocycles. The van der Waals surface area contributed by atoms with Crippen molar-refractivity contribution < 1.29 is 14.0 Å². The van der Waals surface area contributed by atoms with Crippen molar-refractivity contribution in [3.8, 4) is 11.3 Å². The van der Waals surface area contributed by atoms with E-state index in [0.29, 0.717) is 36.6 Å². The largest absolute Gasteiger partial charge is 0.382 e. The minimum absolute atomic E-state index is 0.0223. The van der Waals surface area contributed by atoms with Crippen LogP contribution in [0.25, 0.3) is 11.3 Å². The van der Waals surface area contributed by atoms with Crippen LogP contribution in [0.2, 0.25) is 5.02 Å². The lowest BCUT2D eigenvalue weighted by Crippen LogP contribution is -2.51. The van der Waals surface area contributed by atoms with E-state index in [1.807, 2.05) is 38.1 Å². The van der Waals surface area contributed by atoms with Crippen LogP contribution in [0.3, 0.4) is 0 Å². The summed E-state index contributed by atoms with van der Waals surface area (Å²) in [6.07, 6.45) is 6.26. The van der Waals surface area contributed by atoms with Crippen LogP contribution in [0, 0.1) is 12.3 Å². The molecule has 3 aromatic rings. The van der Waals surface area contributed by atoms with E-state index in [-0.39, 0.29) is 11.0 Å². The van der Waals surface area contributed by atoms with Gasteiger partial charge in [0, 0.05) is 28.0 Å².